The van der Waals surface area contributed by atoms with Gasteiger partial charge in [0.1, 0.15) is 22.8 Å². The Morgan fingerprint density at radius 2 is 1.19 bits per heavy atom. The predicted molar refractivity (Wildman–Crippen MR) is 167 cm³/mol. The fraction of sp³-hybridized carbons (Fsp3) is 0.828. The lowest BCUT2D eigenvalue weighted by Crippen LogP contribution is -2.65. The molecule has 12 nitrogen and oxygen atoms in total. The van der Waals surface area contributed by atoms with Crippen LogP contribution in [0, 0.1) is 5.41 Å². The zero-order chi connectivity index (χ0) is 32.7. The number of rotatable bonds is 12. The van der Waals surface area contributed by atoms with Crippen molar-refractivity contribution in [3.05, 3.63) is 0 Å². The van der Waals surface area contributed by atoms with E-state index in [-0.39, 0.29) is 5.75 Å². The monoisotopic (exact) mass is 617 g/mol. The van der Waals surface area contributed by atoms with E-state index >= 15 is 0 Å². The number of amides is 4. The van der Waals surface area contributed by atoms with Crippen LogP contribution < -0.4 is 10.6 Å². The first kappa shape index (κ1) is 39.3. The number of carbonyl (C=O) groups excluding carboxylic acids is 4. The normalized spacial score (nSPS) is 12.5. The Bertz CT molecular complexity index is 894. The number of hydrazine groups is 1. The number of carbonyl (C=O) groups is 4. The molecule has 42 heavy (non-hydrogen) atoms. The van der Waals surface area contributed by atoms with Gasteiger partial charge in [-0.05, 0) is 68.7 Å². The average molecular weight is 618 g/mol. The third-order valence-corrected chi connectivity index (χ3v) is 5.64. The van der Waals surface area contributed by atoms with Crippen molar-refractivity contribution in [2.45, 2.75) is 143 Å². The number of guanidine groups is 1. The van der Waals surface area contributed by atoms with Crippen molar-refractivity contribution in [3.8, 4) is 0 Å². The number of hydrogen-bond donors (Lipinski definition) is 4. The molecule has 0 saturated heterocycles. The summed E-state index contributed by atoms with van der Waals surface area (Å²) in [6.07, 6.45) is 5.34. The molecule has 0 heterocycles. The molecule has 0 radical (unpaired) electrons. The van der Waals surface area contributed by atoms with Gasteiger partial charge in [0, 0.05) is 12.3 Å². The fourth-order valence-electron chi connectivity index (χ4n) is 3.56. The van der Waals surface area contributed by atoms with E-state index in [1.54, 1.807) is 62.3 Å². The highest BCUT2D eigenvalue weighted by molar-refractivity contribution is 7.80. The second-order valence-corrected chi connectivity index (χ2v) is 13.4. The van der Waals surface area contributed by atoms with Crippen molar-refractivity contribution in [2.75, 3.05) is 12.3 Å². The number of unbranched alkanes of at least 4 members (excludes halogenated alkanes) is 7. The van der Waals surface area contributed by atoms with Crippen LogP contribution in [0.1, 0.15) is 121 Å². The minimum absolute atomic E-state index is 0.235. The number of thiol groups is 1. The van der Waals surface area contributed by atoms with Gasteiger partial charge in [0.25, 0.3) is 0 Å². The minimum atomic E-state index is -1.40. The van der Waals surface area contributed by atoms with Crippen molar-refractivity contribution >= 4 is 42.8 Å². The minimum Gasteiger partial charge on any atom is -0.444 e. The van der Waals surface area contributed by atoms with E-state index in [9.17, 15) is 19.2 Å². The molecule has 0 aliphatic heterocycles. The van der Waals surface area contributed by atoms with Gasteiger partial charge in [-0.2, -0.15) is 17.6 Å². The number of hydrogen-bond acceptors (Lipinski definition) is 9. The van der Waals surface area contributed by atoms with Crippen LogP contribution >= 0.6 is 12.6 Å². The van der Waals surface area contributed by atoms with Gasteiger partial charge in [0.2, 0.25) is 11.9 Å². The van der Waals surface area contributed by atoms with Crippen molar-refractivity contribution in [1.29, 1.82) is 5.41 Å². The van der Waals surface area contributed by atoms with Crippen molar-refractivity contribution in [3.63, 3.8) is 0 Å². The van der Waals surface area contributed by atoms with Gasteiger partial charge in [-0.3, -0.25) is 15.5 Å². The molecule has 0 fully saturated rings. The number of ether oxygens (including phenoxy) is 3. The summed E-state index contributed by atoms with van der Waals surface area (Å²) in [6.45, 7) is 17.0. The Labute approximate surface area is 257 Å². The van der Waals surface area contributed by atoms with Crippen LogP contribution in [0.5, 0.6) is 0 Å². The first-order valence-electron chi connectivity index (χ1n) is 14.7. The average Bonchev–Trinajstić information content (AvgIpc) is 2.79. The highest BCUT2D eigenvalue weighted by atomic mass is 32.1. The Kier molecular flexibility index (Phi) is 16.9. The van der Waals surface area contributed by atoms with Crippen molar-refractivity contribution < 1.29 is 33.4 Å². The van der Waals surface area contributed by atoms with E-state index in [0.717, 1.165) is 25.7 Å². The molecule has 0 aromatic rings. The summed E-state index contributed by atoms with van der Waals surface area (Å²) < 4.78 is 16.2. The zero-order valence-electron chi connectivity index (χ0n) is 27.3. The molecule has 244 valence electrons. The van der Waals surface area contributed by atoms with Gasteiger partial charge in [-0.1, -0.05) is 51.9 Å². The molecule has 0 aliphatic rings. The molecule has 1 unspecified atom stereocenters. The van der Waals surface area contributed by atoms with Crippen molar-refractivity contribution in [2.24, 2.45) is 0 Å². The smallest absolute Gasteiger partial charge is 0.437 e. The maximum Gasteiger partial charge on any atom is 0.437 e. The number of nitrogens with one attached hydrogen (secondary N) is 3. The van der Waals surface area contributed by atoms with Gasteiger partial charge in [0.15, 0.2) is 0 Å². The SMILES string of the molecule is CCCCCCCCCCNC(=O)C(CS)N(C(=O)OC(C)(C)C)N(C(=N)NC(=O)OC(C)(C)C)C(=O)OC(C)(C)C. The Hall–Kier alpha value is -2.70. The highest BCUT2D eigenvalue weighted by Gasteiger charge is 2.43. The molecule has 0 aromatic heterocycles. The lowest BCUT2D eigenvalue weighted by molar-refractivity contribution is -0.130. The summed E-state index contributed by atoms with van der Waals surface area (Å²) in [5, 5.41) is 14.6. The maximum absolute atomic E-state index is 13.5. The first-order chi connectivity index (χ1) is 19.2. The largest absolute Gasteiger partial charge is 0.444 e. The van der Waals surface area contributed by atoms with Gasteiger partial charge < -0.3 is 19.5 Å². The maximum atomic E-state index is 13.5. The van der Waals surface area contributed by atoms with Gasteiger partial charge in [-0.25, -0.2) is 14.4 Å². The molecule has 0 spiro atoms. The molecule has 13 heteroatoms. The number of nitrogens with zero attached hydrogens (tertiary/aromatic N) is 2. The van der Waals surface area contributed by atoms with E-state index in [0.29, 0.717) is 16.6 Å². The van der Waals surface area contributed by atoms with Gasteiger partial charge >= 0.3 is 18.3 Å². The molecule has 1 atom stereocenters. The van der Waals surface area contributed by atoms with Crippen LogP contribution in [-0.2, 0) is 19.0 Å². The third-order valence-electron chi connectivity index (χ3n) is 5.29. The molecular formula is C29H55N5O7S. The van der Waals surface area contributed by atoms with Crippen LogP contribution in [0.15, 0.2) is 0 Å². The van der Waals surface area contributed by atoms with Gasteiger partial charge in [0.05, 0.1) is 0 Å². The molecule has 0 rings (SSSR count). The molecular weight excluding hydrogens is 562 g/mol. The lowest BCUT2D eigenvalue weighted by atomic mass is 10.1. The molecule has 0 aromatic carbocycles. The highest BCUT2D eigenvalue weighted by Crippen LogP contribution is 2.20. The molecule has 3 N–H and O–H groups in total. The van der Waals surface area contributed by atoms with Crippen LogP contribution in [0.3, 0.4) is 0 Å². The van der Waals surface area contributed by atoms with Crippen LogP contribution in [-0.4, -0.2) is 75.3 Å². The van der Waals surface area contributed by atoms with Crippen LogP contribution in [0.2, 0.25) is 0 Å². The van der Waals surface area contributed by atoms with Crippen LogP contribution in [0.25, 0.3) is 0 Å². The van der Waals surface area contributed by atoms with E-state index in [1.165, 1.54) is 25.7 Å². The first-order valence-corrected chi connectivity index (χ1v) is 15.4. The molecule has 0 aliphatic carbocycles. The van der Waals surface area contributed by atoms with E-state index in [4.69, 9.17) is 19.6 Å². The van der Waals surface area contributed by atoms with E-state index in [2.05, 4.69) is 30.2 Å². The van der Waals surface area contributed by atoms with Crippen molar-refractivity contribution in [1.82, 2.24) is 20.7 Å². The fourth-order valence-corrected chi connectivity index (χ4v) is 3.88. The second-order valence-electron chi connectivity index (χ2n) is 13.1. The molecule has 4 amide bonds. The van der Waals surface area contributed by atoms with Gasteiger partial charge in [-0.15, -0.1) is 5.01 Å². The Morgan fingerprint density at radius 3 is 1.64 bits per heavy atom. The summed E-state index contributed by atoms with van der Waals surface area (Å²) >= 11 is 4.29. The molecule has 0 saturated carbocycles. The Morgan fingerprint density at radius 1 is 0.738 bits per heavy atom. The van der Waals surface area contributed by atoms with E-state index in [1.807, 2.05) is 0 Å². The topological polar surface area (TPSA) is 150 Å². The second kappa shape index (κ2) is 18.1. The third kappa shape index (κ3) is 17.3. The molecule has 0 bridgehead atoms. The van der Waals surface area contributed by atoms with E-state index < -0.39 is 53.0 Å². The predicted octanol–water partition coefficient (Wildman–Crippen LogP) is 6.39. The summed E-state index contributed by atoms with van der Waals surface area (Å²) in [4.78, 5) is 52.8. The van der Waals surface area contributed by atoms with Crippen LogP contribution in [0.4, 0.5) is 14.4 Å². The Balaban J connectivity index is 6.09. The summed E-state index contributed by atoms with van der Waals surface area (Å²) in [5.74, 6) is -1.73. The standard InChI is InChI=1S/C29H55N5O7S/c1-11-12-13-14-15-16-17-18-19-31-22(35)21(20-42)33(25(37)40-28(5,6)7)34(26(38)41-29(8,9)10)23(30)32-24(36)39-27(2,3)4/h21,42H,11-20H2,1-10H3,(H,31,35)(H2,30,32,36). The number of alkyl carbamates (subject to hydrolysis) is 1. The summed E-state index contributed by atoms with van der Waals surface area (Å²) in [5.41, 5.74) is -2.98. The lowest BCUT2D eigenvalue weighted by Gasteiger charge is -2.39. The quantitative estimate of drug-likeness (QED) is 0.0495. The summed E-state index contributed by atoms with van der Waals surface area (Å²) in [7, 11) is 0. The summed E-state index contributed by atoms with van der Waals surface area (Å²) in [6, 6.07) is -1.40. The zero-order valence-corrected chi connectivity index (χ0v) is 28.2.